The largest absolute Gasteiger partial charge is 0.384 e. The molecule has 17 heteroatoms. The van der Waals surface area contributed by atoms with Crippen molar-refractivity contribution in [1.29, 1.82) is 0 Å². The van der Waals surface area contributed by atoms with Crippen LogP contribution in [0.25, 0.3) is 38.7 Å². The fourth-order valence-electron chi connectivity index (χ4n) is 11.3. The van der Waals surface area contributed by atoms with Gasteiger partial charge in [-0.3, -0.25) is 19.7 Å². The molecule has 17 nitrogen and oxygen atoms in total. The van der Waals surface area contributed by atoms with Crippen molar-refractivity contribution >= 4 is 62.0 Å². The molecule has 2 aliphatic heterocycles. The second kappa shape index (κ2) is 18.1. The molecule has 1 saturated carbocycles. The van der Waals surface area contributed by atoms with Crippen molar-refractivity contribution in [2.45, 2.75) is 114 Å². The van der Waals surface area contributed by atoms with Gasteiger partial charge in [0.15, 0.2) is 17.0 Å². The van der Waals surface area contributed by atoms with Crippen molar-refractivity contribution < 1.29 is 19.2 Å². The van der Waals surface area contributed by atoms with Crippen LogP contribution in [0, 0.1) is 0 Å². The molecule has 352 valence electrons. The van der Waals surface area contributed by atoms with Crippen molar-refractivity contribution in [3.05, 3.63) is 107 Å². The summed E-state index contributed by atoms with van der Waals surface area (Å²) in [4.78, 5) is 55.0. The molecule has 4 aliphatic rings. The zero-order valence-electron chi connectivity index (χ0n) is 38.4. The quantitative estimate of drug-likeness (QED) is 0.0438. The molecule has 7 aromatic rings. The van der Waals surface area contributed by atoms with Gasteiger partial charge in [-0.25, -0.2) is 19.3 Å². The first kappa shape index (κ1) is 43.9. The monoisotopic (exact) mass is 918 g/mol. The van der Waals surface area contributed by atoms with Crippen LogP contribution in [-0.4, -0.2) is 94.1 Å². The Bertz CT molecular complexity index is 3100. The molecule has 2 amide bonds. The van der Waals surface area contributed by atoms with Gasteiger partial charge in [0.1, 0.15) is 16.7 Å². The molecule has 11 rings (SSSR count). The first-order valence-electron chi connectivity index (χ1n) is 24.3. The molecule has 0 spiro atoms. The lowest BCUT2D eigenvalue weighted by molar-refractivity contribution is -0.134. The van der Waals surface area contributed by atoms with Crippen LogP contribution < -0.4 is 26.8 Å². The van der Waals surface area contributed by atoms with Gasteiger partial charge in [-0.15, -0.1) is 6.58 Å². The molecule has 0 radical (unpaired) electrons. The Hall–Kier alpha value is -6.69. The van der Waals surface area contributed by atoms with Crippen LogP contribution in [0.4, 0.5) is 17.3 Å². The molecule has 7 heterocycles. The van der Waals surface area contributed by atoms with Crippen LogP contribution >= 0.6 is 0 Å². The SMILES string of the molecule is C=CCn1c(=O)c2cnc(Nc3ccc(NCCNC4CCN(C5CCC(n6ccc7c8c(C9CCC(=O)NC9=O)noc8ccc76)CC5)CC4)cc3)nc2n1-c1ccc2c(n1)[C@@](O)(CC)CC2. The second-order valence-corrected chi connectivity index (χ2v) is 19.0. The summed E-state index contributed by atoms with van der Waals surface area (Å²) in [6.07, 6.45) is 14.9. The standard InChI is InChI=1S/C51H58N12O5/c1-3-26-62-49(66)39-30-54-50(58-47(39)63(62)42-17-5-31-19-23-51(67,4-2)46(31)56-42)55-34-8-6-32(7-9-34)52-24-25-53-33-20-27-60(28-21-33)35-10-12-36(13-11-35)61-29-22-37-40(61)15-16-41-44(37)45(59-68-41)38-14-18-43(64)57-48(38)65/h3,5-9,15-17,22,29-30,33,35-36,38,52-53,67H,1,4,10-14,18-21,23-28H2,2H3,(H,54,55,58)(H,57,64,65)/t35?,36?,38?,51-/m1/s1. The van der Waals surface area contributed by atoms with E-state index in [1.54, 1.807) is 21.6 Å². The molecule has 0 bridgehead atoms. The number of hydrogen-bond donors (Lipinski definition) is 5. The minimum atomic E-state index is -0.993. The summed E-state index contributed by atoms with van der Waals surface area (Å²) in [5, 5.41) is 31.0. The van der Waals surface area contributed by atoms with Gasteiger partial charge in [-0.2, -0.15) is 4.98 Å². The van der Waals surface area contributed by atoms with E-state index >= 15 is 0 Å². The zero-order valence-corrected chi connectivity index (χ0v) is 38.4. The van der Waals surface area contributed by atoms with Crippen molar-refractivity contribution in [3.8, 4) is 5.82 Å². The number of likely N-dealkylation sites (tertiary alicyclic amines) is 1. The topological polar surface area (TPSA) is 202 Å². The third kappa shape index (κ3) is 8.05. The maximum atomic E-state index is 13.5. The maximum Gasteiger partial charge on any atom is 0.278 e. The molecule has 2 aromatic carbocycles. The number of aryl methyl sites for hydroxylation is 1. The number of piperidine rings is 2. The first-order valence-corrected chi connectivity index (χ1v) is 24.3. The number of anilines is 3. The van der Waals surface area contributed by atoms with E-state index in [1.165, 1.54) is 12.8 Å². The second-order valence-electron chi connectivity index (χ2n) is 19.0. The van der Waals surface area contributed by atoms with Crippen molar-refractivity contribution in [2.24, 2.45) is 0 Å². The Morgan fingerprint density at radius 2 is 1.69 bits per heavy atom. The van der Waals surface area contributed by atoms with Gasteiger partial charge < -0.3 is 35.0 Å². The van der Waals surface area contributed by atoms with Crippen molar-refractivity contribution in [2.75, 3.05) is 36.8 Å². The van der Waals surface area contributed by atoms with Crippen LogP contribution in [0.15, 0.2) is 89.0 Å². The Morgan fingerprint density at radius 3 is 2.47 bits per heavy atom. The van der Waals surface area contributed by atoms with Crippen molar-refractivity contribution in [1.82, 2.24) is 49.6 Å². The Morgan fingerprint density at radius 1 is 0.897 bits per heavy atom. The highest BCUT2D eigenvalue weighted by Gasteiger charge is 2.38. The van der Waals surface area contributed by atoms with E-state index in [9.17, 15) is 19.5 Å². The Balaban J connectivity index is 0.650. The highest BCUT2D eigenvalue weighted by atomic mass is 16.5. The third-order valence-corrected chi connectivity index (χ3v) is 15.1. The van der Waals surface area contributed by atoms with Crippen molar-refractivity contribution in [3.63, 3.8) is 0 Å². The number of nitrogens with zero attached hydrogens (tertiary/aromatic N) is 8. The maximum absolute atomic E-state index is 13.5. The zero-order chi connectivity index (χ0) is 46.5. The molecule has 68 heavy (non-hydrogen) atoms. The van der Waals surface area contributed by atoms with Crippen LogP contribution in [0.3, 0.4) is 0 Å². The summed E-state index contributed by atoms with van der Waals surface area (Å²) < 4.78 is 11.3. The predicted octanol–water partition coefficient (Wildman–Crippen LogP) is 6.72. The van der Waals surface area contributed by atoms with E-state index in [4.69, 9.17) is 14.5 Å². The van der Waals surface area contributed by atoms with Gasteiger partial charge in [-0.05, 0) is 131 Å². The van der Waals surface area contributed by atoms with Crippen LogP contribution in [0.5, 0.6) is 0 Å². The molecule has 5 N–H and O–H groups in total. The van der Waals surface area contributed by atoms with Crippen LogP contribution in [0.1, 0.15) is 100 Å². The van der Waals surface area contributed by atoms with Gasteiger partial charge in [-0.1, -0.05) is 24.2 Å². The number of pyridine rings is 1. The number of rotatable bonds is 14. The van der Waals surface area contributed by atoms with E-state index in [2.05, 4.69) is 65.8 Å². The molecule has 2 aliphatic carbocycles. The number of carbonyl (C=O) groups is 2. The summed E-state index contributed by atoms with van der Waals surface area (Å²) in [5.41, 5.74) is 5.12. The fraction of sp³-hybridized carbons (Fsp3) is 0.431. The smallest absolute Gasteiger partial charge is 0.278 e. The lowest BCUT2D eigenvalue weighted by atomic mass is 9.88. The molecule has 2 saturated heterocycles. The first-order chi connectivity index (χ1) is 33.2. The number of imide groups is 1. The molecule has 2 atom stereocenters. The minimum Gasteiger partial charge on any atom is -0.384 e. The molecule has 3 fully saturated rings. The van der Waals surface area contributed by atoms with Gasteiger partial charge in [0.05, 0.1) is 23.5 Å². The van der Waals surface area contributed by atoms with E-state index in [1.807, 2.05) is 49.4 Å². The fourth-order valence-corrected chi connectivity index (χ4v) is 11.3. The molecular formula is C51H58N12O5. The normalized spacial score (nSPS) is 22.5. The molecular weight excluding hydrogens is 861 g/mol. The Kier molecular flexibility index (Phi) is 11.7. The average Bonchev–Trinajstić information content (AvgIpc) is 4.14. The number of allylic oxidation sites excluding steroid dienone is 1. The van der Waals surface area contributed by atoms with Crippen LogP contribution in [0.2, 0.25) is 0 Å². The number of nitrogens with one attached hydrogen (secondary N) is 4. The summed E-state index contributed by atoms with van der Waals surface area (Å²) in [6, 6.07) is 19.6. The number of benzene rings is 2. The third-order valence-electron chi connectivity index (χ3n) is 15.1. The van der Waals surface area contributed by atoms with Gasteiger partial charge in [0.2, 0.25) is 17.8 Å². The van der Waals surface area contributed by atoms with Gasteiger partial charge in [0, 0.05) is 72.3 Å². The lowest BCUT2D eigenvalue weighted by Gasteiger charge is -2.41. The number of amides is 2. The lowest BCUT2D eigenvalue weighted by Crippen LogP contribution is -2.48. The van der Waals surface area contributed by atoms with E-state index in [0.29, 0.717) is 83.6 Å². The minimum absolute atomic E-state index is 0.235. The van der Waals surface area contributed by atoms with E-state index in [0.717, 1.165) is 91.5 Å². The summed E-state index contributed by atoms with van der Waals surface area (Å²) in [6.45, 7) is 9.97. The van der Waals surface area contributed by atoms with E-state index in [-0.39, 0.29) is 23.9 Å². The summed E-state index contributed by atoms with van der Waals surface area (Å²) in [7, 11) is 0. The number of carbonyl (C=O) groups excluding carboxylic acids is 2. The molecule has 1 unspecified atom stereocenters. The number of aromatic nitrogens is 7. The van der Waals surface area contributed by atoms with Gasteiger partial charge in [0.25, 0.3) is 5.56 Å². The van der Waals surface area contributed by atoms with Gasteiger partial charge >= 0.3 is 0 Å². The highest BCUT2D eigenvalue weighted by molar-refractivity contribution is 6.09. The Labute approximate surface area is 393 Å². The predicted molar refractivity (Wildman–Crippen MR) is 260 cm³/mol. The summed E-state index contributed by atoms with van der Waals surface area (Å²) >= 11 is 0. The summed E-state index contributed by atoms with van der Waals surface area (Å²) in [5.74, 6) is -0.171. The number of hydrogen-bond acceptors (Lipinski definition) is 13. The average molecular weight is 919 g/mol. The number of aliphatic hydroxyl groups is 1. The van der Waals surface area contributed by atoms with E-state index < -0.39 is 11.5 Å². The van der Waals surface area contributed by atoms with Crippen LogP contribution in [-0.2, 0) is 28.2 Å². The molecule has 5 aromatic heterocycles. The number of fused-ring (bicyclic) bond motifs is 5. The highest BCUT2D eigenvalue weighted by Crippen LogP contribution is 2.41.